The van der Waals surface area contributed by atoms with Crippen molar-refractivity contribution < 1.29 is 23.1 Å². The Morgan fingerprint density at radius 2 is 2.20 bits per heavy atom. The number of anilines is 2. The van der Waals surface area contributed by atoms with Crippen LogP contribution in [-0.4, -0.2) is 50.7 Å². The van der Waals surface area contributed by atoms with Gasteiger partial charge in [0, 0.05) is 24.3 Å². The van der Waals surface area contributed by atoms with Crippen LogP contribution in [-0.2, 0) is 14.3 Å². The maximum Gasteiger partial charge on any atom is 0.265 e. The molecule has 0 bridgehead atoms. The first-order valence-corrected chi connectivity index (χ1v) is 8.02. The van der Waals surface area contributed by atoms with Gasteiger partial charge in [0.15, 0.2) is 0 Å². The zero-order chi connectivity index (χ0) is 18.4. The Labute approximate surface area is 144 Å². The van der Waals surface area contributed by atoms with Gasteiger partial charge in [-0.15, -0.1) is 0 Å². The van der Waals surface area contributed by atoms with E-state index in [0.717, 1.165) is 0 Å². The van der Waals surface area contributed by atoms with Gasteiger partial charge in [-0.1, -0.05) is 6.92 Å². The molecule has 1 atom stereocenters. The highest BCUT2D eigenvalue weighted by Gasteiger charge is 2.26. The molecule has 4 N–H and O–H groups in total. The highest BCUT2D eigenvalue weighted by molar-refractivity contribution is 5.97. The lowest BCUT2D eigenvalue weighted by Gasteiger charge is -2.29. The molecular weight excluding hydrogens is 334 g/mol. The summed E-state index contributed by atoms with van der Waals surface area (Å²) in [5.41, 5.74) is 5.56. The molecule has 1 fully saturated rings. The molecule has 1 aromatic carbocycles. The van der Waals surface area contributed by atoms with Crippen molar-refractivity contribution in [2.24, 2.45) is 5.73 Å². The molecule has 0 unspecified atom stereocenters. The summed E-state index contributed by atoms with van der Waals surface area (Å²) in [6.07, 6.45) is -2.79. The molecule has 1 heterocycles. The Morgan fingerprint density at radius 1 is 1.44 bits per heavy atom. The van der Waals surface area contributed by atoms with E-state index < -0.39 is 18.4 Å². The molecule has 25 heavy (non-hydrogen) atoms. The topological polar surface area (TPSA) is 96.7 Å². The van der Waals surface area contributed by atoms with Crippen molar-refractivity contribution in [2.45, 2.75) is 19.4 Å². The molecule has 1 aliphatic rings. The molecule has 2 amide bonds. The first-order chi connectivity index (χ1) is 12.0. The number of carbonyl (C=O) groups is 2. The first-order valence-electron chi connectivity index (χ1n) is 8.02. The Hall–Kier alpha value is -2.10. The van der Waals surface area contributed by atoms with Gasteiger partial charge >= 0.3 is 0 Å². The lowest BCUT2D eigenvalue weighted by molar-refractivity contribution is -0.125. The fourth-order valence-electron chi connectivity index (χ4n) is 2.58. The van der Waals surface area contributed by atoms with Crippen LogP contribution < -0.4 is 21.3 Å². The lowest BCUT2D eigenvalue weighted by atomic mass is 10.1. The van der Waals surface area contributed by atoms with Crippen molar-refractivity contribution in [2.75, 3.05) is 43.1 Å². The van der Waals surface area contributed by atoms with Crippen LogP contribution in [0.4, 0.5) is 20.2 Å². The molecule has 0 spiro atoms. The summed E-state index contributed by atoms with van der Waals surface area (Å²) in [5, 5.41) is 5.48. The number of nitrogens with two attached hydrogens (primary N) is 1. The second kappa shape index (κ2) is 8.84. The van der Waals surface area contributed by atoms with Crippen LogP contribution in [0.5, 0.6) is 0 Å². The SMILES string of the molecule is CCN[C@H](CN)C(=O)Nc1ccc(N2CCOCC2=O)c(C(F)F)c1. The van der Waals surface area contributed by atoms with Gasteiger partial charge in [0.1, 0.15) is 6.61 Å². The fourth-order valence-corrected chi connectivity index (χ4v) is 2.58. The normalized spacial score (nSPS) is 16.2. The number of nitrogens with zero attached hydrogens (tertiary/aromatic N) is 1. The van der Waals surface area contributed by atoms with E-state index in [1.165, 1.54) is 23.1 Å². The number of nitrogens with one attached hydrogen (secondary N) is 2. The minimum atomic E-state index is -2.79. The van der Waals surface area contributed by atoms with Crippen LogP contribution in [0.25, 0.3) is 0 Å². The maximum absolute atomic E-state index is 13.5. The van der Waals surface area contributed by atoms with Crippen LogP contribution in [0, 0.1) is 0 Å². The second-order valence-corrected chi connectivity index (χ2v) is 5.51. The van der Waals surface area contributed by atoms with E-state index in [-0.39, 0.29) is 49.1 Å². The van der Waals surface area contributed by atoms with Gasteiger partial charge < -0.3 is 26.0 Å². The largest absolute Gasteiger partial charge is 0.370 e. The molecule has 0 radical (unpaired) electrons. The zero-order valence-corrected chi connectivity index (χ0v) is 13.9. The number of likely N-dealkylation sites (N-methyl/N-ethyl adjacent to an activating group) is 1. The number of halogens is 2. The van der Waals surface area contributed by atoms with E-state index >= 15 is 0 Å². The zero-order valence-electron chi connectivity index (χ0n) is 13.9. The van der Waals surface area contributed by atoms with Gasteiger partial charge in [-0.05, 0) is 24.7 Å². The predicted molar refractivity (Wildman–Crippen MR) is 89.7 cm³/mol. The third-order valence-electron chi connectivity index (χ3n) is 3.81. The van der Waals surface area contributed by atoms with Gasteiger partial charge in [-0.3, -0.25) is 9.59 Å². The average molecular weight is 356 g/mol. The maximum atomic E-state index is 13.5. The Kier molecular flexibility index (Phi) is 6.80. The van der Waals surface area contributed by atoms with Crippen LogP contribution >= 0.6 is 0 Å². The first kappa shape index (κ1) is 19.2. The lowest BCUT2D eigenvalue weighted by Crippen LogP contribution is -2.45. The summed E-state index contributed by atoms with van der Waals surface area (Å²) in [4.78, 5) is 25.3. The highest BCUT2D eigenvalue weighted by atomic mass is 19.3. The number of carbonyl (C=O) groups excluding carboxylic acids is 2. The number of benzene rings is 1. The molecule has 0 aromatic heterocycles. The Bertz CT molecular complexity index is 627. The van der Waals surface area contributed by atoms with Gasteiger partial charge in [-0.2, -0.15) is 0 Å². The molecule has 0 saturated carbocycles. The van der Waals surface area contributed by atoms with Crippen molar-refractivity contribution in [1.82, 2.24) is 5.32 Å². The summed E-state index contributed by atoms with van der Waals surface area (Å²) in [7, 11) is 0. The van der Waals surface area contributed by atoms with Crippen molar-refractivity contribution in [1.29, 1.82) is 0 Å². The molecule has 1 saturated heterocycles. The van der Waals surface area contributed by atoms with E-state index in [4.69, 9.17) is 10.5 Å². The Balaban J connectivity index is 2.23. The molecule has 1 aliphatic heterocycles. The van der Waals surface area contributed by atoms with Gasteiger partial charge in [0.25, 0.3) is 12.3 Å². The molecule has 138 valence electrons. The number of alkyl halides is 2. The van der Waals surface area contributed by atoms with E-state index in [9.17, 15) is 18.4 Å². The molecule has 1 aromatic rings. The van der Waals surface area contributed by atoms with Crippen LogP contribution in [0.1, 0.15) is 18.9 Å². The van der Waals surface area contributed by atoms with Crippen LogP contribution in [0.15, 0.2) is 18.2 Å². The standard InChI is InChI=1S/C16H22F2N4O3/c1-2-20-12(8-19)16(24)21-10-3-4-13(11(7-10)15(17)18)22-5-6-25-9-14(22)23/h3-4,7,12,15,20H,2,5-6,8-9,19H2,1H3,(H,21,24)/t12-/m1/s1. The minimum Gasteiger partial charge on any atom is -0.370 e. The minimum absolute atomic E-state index is 0.0851. The van der Waals surface area contributed by atoms with Crippen molar-refractivity contribution in [3.05, 3.63) is 23.8 Å². The van der Waals surface area contributed by atoms with Gasteiger partial charge in [-0.25, -0.2) is 8.78 Å². The van der Waals surface area contributed by atoms with Crippen molar-refractivity contribution in [3.63, 3.8) is 0 Å². The summed E-state index contributed by atoms with van der Waals surface area (Å²) in [6.45, 7) is 2.83. The number of hydrogen-bond acceptors (Lipinski definition) is 5. The predicted octanol–water partition coefficient (Wildman–Crippen LogP) is 0.863. The number of rotatable bonds is 7. The van der Waals surface area contributed by atoms with Crippen molar-refractivity contribution >= 4 is 23.2 Å². The number of amides is 2. The van der Waals surface area contributed by atoms with Crippen LogP contribution in [0.3, 0.4) is 0 Å². The second-order valence-electron chi connectivity index (χ2n) is 5.51. The molecule has 2 rings (SSSR count). The third kappa shape index (κ3) is 4.71. The van der Waals surface area contributed by atoms with E-state index in [2.05, 4.69) is 10.6 Å². The van der Waals surface area contributed by atoms with E-state index in [1.54, 1.807) is 0 Å². The molecule has 7 nitrogen and oxygen atoms in total. The third-order valence-corrected chi connectivity index (χ3v) is 3.81. The average Bonchev–Trinajstić information content (AvgIpc) is 2.60. The Morgan fingerprint density at radius 3 is 2.80 bits per heavy atom. The number of morpholine rings is 1. The summed E-state index contributed by atoms with van der Waals surface area (Å²) >= 11 is 0. The number of ether oxygens (including phenoxy) is 1. The highest BCUT2D eigenvalue weighted by Crippen LogP contribution is 2.33. The van der Waals surface area contributed by atoms with Gasteiger partial charge in [0.05, 0.1) is 18.3 Å². The smallest absolute Gasteiger partial charge is 0.265 e. The quantitative estimate of drug-likeness (QED) is 0.673. The van der Waals surface area contributed by atoms with E-state index in [1.807, 2.05) is 6.92 Å². The number of hydrogen-bond donors (Lipinski definition) is 3. The van der Waals surface area contributed by atoms with Crippen LogP contribution in [0.2, 0.25) is 0 Å². The monoisotopic (exact) mass is 356 g/mol. The molecular formula is C16H22F2N4O3. The molecule has 9 heteroatoms. The summed E-state index contributed by atoms with van der Waals surface area (Å²) in [5.74, 6) is -0.778. The molecule has 0 aliphatic carbocycles. The fraction of sp³-hybridized carbons (Fsp3) is 0.500. The summed E-state index contributed by atoms with van der Waals surface area (Å²) in [6, 6.07) is 3.47. The van der Waals surface area contributed by atoms with E-state index in [0.29, 0.717) is 6.54 Å². The summed E-state index contributed by atoms with van der Waals surface area (Å²) < 4.78 is 31.9. The van der Waals surface area contributed by atoms with Crippen molar-refractivity contribution in [3.8, 4) is 0 Å². The van der Waals surface area contributed by atoms with Gasteiger partial charge in [0.2, 0.25) is 5.91 Å².